The first-order valence-electron chi connectivity index (χ1n) is 6.23. The van der Waals surface area contributed by atoms with E-state index < -0.39 is 10.1 Å². The molecule has 0 unspecified atom stereocenters. The Hall–Kier alpha value is -0.110. The van der Waals surface area contributed by atoms with Gasteiger partial charge in [-0.05, 0) is 31.0 Å². The van der Waals surface area contributed by atoms with Crippen LogP contribution in [-0.4, -0.2) is 31.6 Å². The Labute approximate surface area is 152 Å². The Morgan fingerprint density at radius 2 is 1.86 bits per heavy atom. The monoisotopic (exact) mass is 342 g/mol. The van der Waals surface area contributed by atoms with Crippen LogP contribution >= 0.6 is 11.6 Å². The zero-order valence-electron chi connectivity index (χ0n) is 11.9. The first-order valence-corrected chi connectivity index (χ1v) is 8.19. The second-order valence-electron chi connectivity index (χ2n) is 4.33. The predicted molar refractivity (Wildman–Crippen MR) is 75.4 cm³/mol. The molecular formula is C13H16ClNaO5S. The third kappa shape index (κ3) is 9.50. The van der Waals surface area contributed by atoms with Crippen LogP contribution in [0.2, 0.25) is 5.02 Å². The van der Waals surface area contributed by atoms with Gasteiger partial charge in [0.1, 0.15) is 12.0 Å². The van der Waals surface area contributed by atoms with Gasteiger partial charge in [0.05, 0.1) is 21.7 Å². The topological polar surface area (TPSA) is 83.5 Å². The average molecular weight is 343 g/mol. The van der Waals surface area contributed by atoms with Crippen LogP contribution in [0.4, 0.5) is 0 Å². The quantitative estimate of drug-likeness (QED) is 0.265. The van der Waals surface area contributed by atoms with Crippen molar-refractivity contribution >= 4 is 28.0 Å². The number of rotatable bonds is 9. The van der Waals surface area contributed by atoms with Crippen LogP contribution in [-0.2, 0) is 10.1 Å². The SMILES string of the molecule is O=Cc1ccc(Cl)c(OCCCCCCS(=O)(=O)[O-])c1.[Na+]. The number of benzene rings is 1. The normalized spacial score (nSPS) is 10.8. The third-order valence-electron chi connectivity index (χ3n) is 2.64. The van der Waals surface area contributed by atoms with Gasteiger partial charge in [-0.25, -0.2) is 8.42 Å². The van der Waals surface area contributed by atoms with Crippen molar-refractivity contribution in [1.29, 1.82) is 0 Å². The van der Waals surface area contributed by atoms with Crippen molar-refractivity contribution in [3.8, 4) is 5.75 Å². The van der Waals surface area contributed by atoms with Crippen LogP contribution in [0, 0.1) is 0 Å². The summed E-state index contributed by atoms with van der Waals surface area (Å²) < 4.78 is 36.6. The predicted octanol–water partition coefficient (Wildman–Crippen LogP) is -0.359. The van der Waals surface area contributed by atoms with E-state index in [1.54, 1.807) is 18.2 Å². The summed E-state index contributed by atoms with van der Waals surface area (Å²) >= 11 is 5.92. The molecule has 1 aromatic carbocycles. The van der Waals surface area contributed by atoms with Gasteiger partial charge in [0.2, 0.25) is 0 Å². The summed E-state index contributed by atoms with van der Waals surface area (Å²) in [6.07, 6.45) is 3.23. The summed E-state index contributed by atoms with van der Waals surface area (Å²) in [5.41, 5.74) is 0.491. The van der Waals surface area contributed by atoms with Crippen molar-refractivity contribution in [2.24, 2.45) is 0 Å². The summed E-state index contributed by atoms with van der Waals surface area (Å²) in [4.78, 5) is 10.6. The van der Waals surface area contributed by atoms with Gasteiger partial charge in [-0.15, -0.1) is 0 Å². The molecule has 0 bridgehead atoms. The summed E-state index contributed by atoms with van der Waals surface area (Å²) in [5, 5.41) is 0.438. The number of unbranched alkanes of at least 4 members (excludes halogenated alkanes) is 3. The molecule has 0 aliphatic rings. The van der Waals surface area contributed by atoms with Gasteiger partial charge in [0.15, 0.2) is 0 Å². The minimum Gasteiger partial charge on any atom is -0.748 e. The van der Waals surface area contributed by atoms with E-state index in [1.165, 1.54) is 0 Å². The van der Waals surface area contributed by atoms with Gasteiger partial charge < -0.3 is 9.29 Å². The van der Waals surface area contributed by atoms with Gasteiger partial charge in [0.25, 0.3) is 0 Å². The number of ether oxygens (including phenoxy) is 1. The maximum atomic E-state index is 10.6. The van der Waals surface area contributed by atoms with Crippen LogP contribution < -0.4 is 34.3 Å². The third-order valence-corrected chi connectivity index (χ3v) is 3.74. The van der Waals surface area contributed by atoms with Crippen molar-refractivity contribution in [2.45, 2.75) is 25.7 Å². The molecule has 0 heterocycles. The van der Waals surface area contributed by atoms with Crippen molar-refractivity contribution in [3.05, 3.63) is 28.8 Å². The molecule has 0 saturated carbocycles. The van der Waals surface area contributed by atoms with E-state index in [0.717, 1.165) is 12.8 Å². The molecule has 8 heteroatoms. The molecule has 0 N–H and O–H groups in total. The summed E-state index contributed by atoms with van der Waals surface area (Å²) in [7, 11) is -4.10. The molecule has 0 saturated heterocycles. The molecule has 5 nitrogen and oxygen atoms in total. The molecule has 0 aliphatic heterocycles. The van der Waals surface area contributed by atoms with Crippen molar-refractivity contribution in [3.63, 3.8) is 0 Å². The van der Waals surface area contributed by atoms with Gasteiger partial charge in [-0.3, -0.25) is 4.79 Å². The molecular weight excluding hydrogens is 327 g/mol. The van der Waals surface area contributed by atoms with Gasteiger partial charge >= 0.3 is 29.6 Å². The zero-order chi connectivity index (χ0) is 15.0. The molecule has 112 valence electrons. The number of halogens is 1. The molecule has 1 rings (SSSR count). The average Bonchev–Trinajstić information content (AvgIpc) is 2.38. The van der Waals surface area contributed by atoms with Gasteiger partial charge in [0, 0.05) is 11.3 Å². The Morgan fingerprint density at radius 1 is 1.19 bits per heavy atom. The summed E-state index contributed by atoms with van der Waals surface area (Å²) in [5.74, 6) is 0.138. The van der Waals surface area contributed by atoms with E-state index in [2.05, 4.69) is 0 Å². The molecule has 0 radical (unpaired) electrons. The molecule has 1 aromatic rings. The number of aldehydes is 1. The summed E-state index contributed by atoms with van der Waals surface area (Å²) in [6, 6.07) is 4.77. The first-order chi connectivity index (χ1) is 9.42. The molecule has 0 atom stereocenters. The fourth-order valence-corrected chi connectivity index (χ4v) is 2.35. The Balaban J connectivity index is 0.00000400. The molecule has 0 amide bonds. The maximum Gasteiger partial charge on any atom is 1.00 e. The van der Waals surface area contributed by atoms with Crippen molar-refractivity contribution in [1.82, 2.24) is 0 Å². The van der Waals surface area contributed by atoms with Crippen molar-refractivity contribution < 1.29 is 52.1 Å². The Morgan fingerprint density at radius 3 is 2.48 bits per heavy atom. The van der Waals surface area contributed by atoms with E-state index in [-0.39, 0.29) is 35.3 Å². The maximum absolute atomic E-state index is 10.6. The standard InChI is InChI=1S/C13H17ClO5S.Na/c14-12-6-5-11(10-15)9-13(12)19-7-3-1-2-4-8-20(16,17)18;/h5-6,9-10H,1-4,7-8H2,(H,16,17,18);/q;+1/p-1. The van der Waals surface area contributed by atoms with E-state index in [4.69, 9.17) is 16.3 Å². The number of carbonyl (C=O) groups excluding carboxylic acids is 1. The Bertz CT molecular complexity index is 547. The molecule has 21 heavy (non-hydrogen) atoms. The molecule has 0 aromatic heterocycles. The van der Waals surface area contributed by atoms with Crippen LogP contribution in [0.25, 0.3) is 0 Å². The molecule has 0 spiro atoms. The van der Waals surface area contributed by atoms with Crippen LogP contribution in [0.5, 0.6) is 5.75 Å². The zero-order valence-corrected chi connectivity index (χ0v) is 15.5. The second kappa shape index (κ2) is 10.6. The van der Waals surface area contributed by atoms with Gasteiger partial charge in [-0.2, -0.15) is 0 Å². The largest absolute Gasteiger partial charge is 1.00 e. The minimum atomic E-state index is -4.10. The fourth-order valence-electron chi connectivity index (χ4n) is 1.62. The minimum absolute atomic E-state index is 0. The van der Waals surface area contributed by atoms with Crippen LogP contribution in [0.3, 0.4) is 0 Å². The van der Waals surface area contributed by atoms with Crippen LogP contribution in [0.15, 0.2) is 18.2 Å². The van der Waals surface area contributed by atoms with Crippen molar-refractivity contribution in [2.75, 3.05) is 12.4 Å². The first kappa shape index (κ1) is 20.9. The second-order valence-corrected chi connectivity index (χ2v) is 6.26. The smallest absolute Gasteiger partial charge is 0.748 e. The fraction of sp³-hybridized carbons (Fsp3) is 0.462. The van der Waals surface area contributed by atoms with E-state index >= 15 is 0 Å². The van der Waals surface area contributed by atoms with Gasteiger partial charge in [-0.1, -0.05) is 24.4 Å². The summed E-state index contributed by atoms with van der Waals surface area (Å²) in [6.45, 7) is 0.423. The number of carbonyl (C=O) groups is 1. The van der Waals surface area contributed by atoms with E-state index in [0.29, 0.717) is 42.1 Å². The molecule has 0 fully saturated rings. The number of hydrogen-bond donors (Lipinski definition) is 0. The van der Waals surface area contributed by atoms with Crippen LogP contribution in [0.1, 0.15) is 36.0 Å². The Kier molecular flexibility index (Phi) is 10.5. The van der Waals surface area contributed by atoms with E-state index in [1.807, 2.05) is 0 Å². The molecule has 0 aliphatic carbocycles. The number of hydrogen-bond acceptors (Lipinski definition) is 5. The van der Waals surface area contributed by atoms with E-state index in [9.17, 15) is 17.8 Å².